The Balaban J connectivity index is 2.30. The molecular formula is C13H20FNO2. The molecule has 3 nitrogen and oxygen atoms in total. The molecule has 0 bridgehead atoms. The summed E-state index contributed by atoms with van der Waals surface area (Å²) >= 11 is 0. The van der Waals surface area contributed by atoms with Crippen LogP contribution in [0.4, 0.5) is 4.39 Å². The Morgan fingerprint density at radius 2 is 2.12 bits per heavy atom. The lowest BCUT2D eigenvalue weighted by Crippen LogP contribution is -2.31. The minimum atomic E-state index is -0.289. The molecule has 0 aliphatic carbocycles. The van der Waals surface area contributed by atoms with Crippen molar-refractivity contribution in [1.82, 2.24) is 4.90 Å². The van der Waals surface area contributed by atoms with Crippen molar-refractivity contribution in [2.45, 2.75) is 13.3 Å². The van der Waals surface area contributed by atoms with Crippen LogP contribution >= 0.6 is 0 Å². The zero-order valence-corrected chi connectivity index (χ0v) is 10.2. The van der Waals surface area contributed by atoms with Crippen LogP contribution < -0.4 is 4.74 Å². The normalized spacial score (nSPS) is 10.8. The Hall–Kier alpha value is -1.13. The number of halogens is 1. The number of hydrogen-bond acceptors (Lipinski definition) is 3. The van der Waals surface area contributed by atoms with Crippen molar-refractivity contribution in [2.24, 2.45) is 0 Å². The SMILES string of the molecule is CCCN(CCO)CCOc1cccc(F)c1. The van der Waals surface area contributed by atoms with E-state index in [4.69, 9.17) is 9.84 Å². The van der Waals surface area contributed by atoms with Gasteiger partial charge in [-0.3, -0.25) is 4.90 Å². The van der Waals surface area contributed by atoms with Crippen molar-refractivity contribution in [3.63, 3.8) is 0 Å². The lowest BCUT2D eigenvalue weighted by Gasteiger charge is -2.20. The first-order valence-corrected chi connectivity index (χ1v) is 5.98. The summed E-state index contributed by atoms with van der Waals surface area (Å²) in [4.78, 5) is 2.12. The molecule has 0 heterocycles. The number of benzene rings is 1. The molecule has 0 unspecified atom stereocenters. The minimum Gasteiger partial charge on any atom is -0.492 e. The molecule has 0 fully saturated rings. The standard InChI is InChI=1S/C13H20FNO2/c1-2-6-15(7-9-16)8-10-17-13-5-3-4-12(14)11-13/h3-5,11,16H,2,6-10H2,1H3. The van der Waals surface area contributed by atoms with Gasteiger partial charge in [0.25, 0.3) is 0 Å². The highest BCUT2D eigenvalue weighted by Gasteiger charge is 2.03. The number of nitrogens with zero attached hydrogens (tertiary/aromatic N) is 1. The van der Waals surface area contributed by atoms with Gasteiger partial charge in [-0.2, -0.15) is 0 Å². The average Bonchev–Trinajstić information content (AvgIpc) is 2.30. The zero-order valence-electron chi connectivity index (χ0n) is 10.2. The van der Waals surface area contributed by atoms with E-state index in [1.165, 1.54) is 12.1 Å². The first-order valence-electron chi connectivity index (χ1n) is 5.98. The number of aliphatic hydroxyl groups excluding tert-OH is 1. The smallest absolute Gasteiger partial charge is 0.126 e. The summed E-state index contributed by atoms with van der Waals surface area (Å²) in [6, 6.07) is 6.12. The number of aliphatic hydroxyl groups is 1. The van der Waals surface area contributed by atoms with Gasteiger partial charge in [0.2, 0.25) is 0 Å². The summed E-state index contributed by atoms with van der Waals surface area (Å²) < 4.78 is 18.3. The largest absolute Gasteiger partial charge is 0.492 e. The Kier molecular flexibility index (Phi) is 6.58. The van der Waals surface area contributed by atoms with Crippen molar-refractivity contribution in [2.75, 3.05) is 32.8 Å². The molecule has 0 radical (unpaired) electrons. The second kappa shape index (κ2) is 8.03. The Bertz CT molecular complexity index is 314. The van der Waals surface area contributed by atoms with Gasteiger partial charge in [0.1, 0.15) is 18.2 Å². The van der Waals surface area contributed by atoms with E-state index in [2.05, 4.69) is 11.8 Å². The van der Waals surface area contributed by atoms with E-state index in [1.807, 2.05) is 0 Å². The summed E-state index contributed by atoms with van der Waals surface area (Å²) in [6.45, 7) is 5.08. The molecule has 0 aliphatic rings. The van der Waals surface area contributed by atoms with Crippen LogP contribution in [0.5, 0.6) is 5.75 Å². The molecule has 0 aromatic heterocycles. The maximum atomic E-state index is 12.9. The van der Waals surface area contributed by atoms with Crippen LogP contribution in [0, 0.1) is 5.82 Å². The fourth-order valence-corrected chi connectivity index (χ4v) is 1.64. The van der Waals surface area contributed by atoms with Crippen LogP contribution in [0.2, 0.25) is 0 Å². The van der Waals surface area contributed by atoms with E-state index < -0.39 is 0 Å². The molecule has 1 aromatic carbocycles. The fourth-order valence-electron chi connectivity index (χ4n) is 1.64. The van der Waals surface area contributed by atoms with Gasteiger partial charge in [-0.25, -0.2) is 4.39 Å². The van der Waals surface area contributed by atoms with Gasteiger partial charge in [0.05, 0.1) is 6.61 Å². The van der Waals surface area contributed by atoms with Gasteiger partial charge in [-0.1, -0.05) is 13.0 Å². The van der Waals surface area contributed by atoms with Gasteiger partial charge in [0, 0.05) is 19.2 Å². The summed E-state index contributed by atoms with van der Waals surface area (Å²) in [5, 5.41) is 8.88. The highest BCUT2D eigenvalue weighted by molar-refractivity contribution is 5.22. The summed E-state index contributed by atoms with van der Waals surface area (Å²) in [5.41, 5.74) is 0. The second-order valence-corrected chi connectivity index (χ2v) is 3.87. The maximum Gasteiger partial charge on any atom is 0.126 e. The third kappa shape index (κ3) is 5.65. The third-order valence-electron chi connectivity index (χ3n) is 2.43. The van der Waals surface area contributed by atoms with E-state index in [0.717, 1.165) is 19.5 Å². The van der Waals surface area contributed by atoms with Crippen molar-refractivity contribution in [3.05, 3.63) is 30.1 Å². The lowest BCUT2D eigenvalue weighted by atomic mass is 10.3. The minimum absolute atomic E-state index is 0.153. The van der Waals surface area contributed by atoms with Gasteiger partial charge in [-0.05, 0) is 25.1 Å². The topological polar surface area (TPSA) is 32.7 Å². The Morgan fingerprint density at radius 1 is 1.29 bits per heavy atom. The van der Waals surface area contributed by atoms with Crippen molar-refractivity contribution < 1.29 is 14.2 Å². The monoisotopic (exact) mass is 241 g/mol. The van der Waals surface area contributed by atoms with Gasteiger partial charge in [-0.15, -0.1) is 0 Å². The van der Waals surface area contributed by atoms with E-state index in [0.29, 0.717) is 18.9 Å². The quantitative estimate of drug-likeness (QED) is 0.754. The van der Waals surface area contributed by atoms with Crippen molar-refractivity contribution >= 4 is 0 Å². The molecule has 0 spiro atoms. The fraction of sp³-hybridized carbons (Fsp3) is 0.538. The predicted octanol–water partition coefficient (Wildman–Crippen LogP) is 1.91. The first-order chi connectivity index (χ1) is 8.26. The molecule has 4 heteroatoms. The molecule has 96 valence electrons. The van der Waals surface area contributed by atoms with Crippen LogP contribution in [-0.2, 0) is 0 Å². The number of ether oxygens (including phenoxy) is 1. The zero-order chi connectivity index (χ0) is 12.5. The van der Waals surface area contributed by atoms with E-state index in [-0.39, 0.29) is 12.4 Å². The predicted molar refractivity (Wildman–Crippen MR) is 65.7 cm³/mol. The molecule has 0 saturated carbocycles. The van der Waals surface area contributed by atoms with Crippen LogP contribution in [0.3, 0.4) is 0 Å². The Labute approximate surface area is 102 Å². The maximum absolute atomic E-state index is 12.9. The summed E-state index contributed by atoms with van der Waals surface area (Å²) in [6.07, 6.45) is 1.04. The molecular weight excluding hydrogens is 221 g/mol. The molecule has 1 N–H and O–H groups in total. The second-order valence-electron chi connectivity index (χ2n) is 3.87. The average molecular weight is 241 g/mol. The van der Waals surface area contributed by atoms with Crippen LogP contribution in [0.15, 0.2) is 24.3 Å². The molecule has 1 rings (SSSR count). The number of rotatable bonds is 8. The van der Waals surface area contributed by atoms with E-state index >= 15 is 0 Å². The molecule has 17 heavy (non-hydrogen) atoms. The van der Waals surface area contributed by atoms with Crippen LogP contribution in [-0.4, -0.2) is 42.9 Å². The summed E-state index contributed by atoms with van der Waals surface area (Å²) in [5.74, 6) is 0.258. The molecule has 0 saturated heterocycles. The molecule has 0 atom stereocenters. The van der Waals surface area contributed by atoms with Crippen molar-refractivity contribution in [1.29, 1.82) is 0 Å². The highest BCUT2D eigenvalue weighted by Crippen LogP contribution is 2.11. The number of hydrogen-bond donors (Lipinski definition) is 1. The highest BCUT2D eigenvalue weighted by atomic mass is 19.1. The van der Waals surface area contributed by atoms with E-state index in [1.54, 1.807) is 12.1 Å². The third-order valence-corrected chi connectivity index (χ3v) is 2.43. The van der Waals surface area contributed by atoms with Gasteiger partial charge < -0.3 is 9.84 Å². The molecule has 0 amide bonds. The molecule has 1 aromatic rings. The Morgan fingerprint density at radius 3 is 2.76 bits per heavy atom. The van der Waals surface area contributed by atoms with Crippen LogP contribution in [0.1, 0.15) is 13.3 Å². The van der Waals surface area contributed by atoms with Gasteiger partial charge >= 0.3 is 0 Å². The van der Waals surface area contributed by atoms with E-state index in [9.17, 15) is 4.39 Å². The summed E-state index contributed by atoms with van der Waals surface area (Å²) in [7, 11) is 0. The first kappa shape index (κ1) is 13.9. The van der Waals surface area contributed by atoms with Gasteiger partial charge in [0.15, 0.2) is 0 Å². The lowest BCUT2D eigenvalue weighted by molar-refractivity contribution is 0.168. The molecule has 0 aliphatic heterocycles. The van der Waals surface area contributed by atoms with Crippen molar-refractivity contribution in [3.8, 4) is 5.75 Å². The van der Waals surface area contributed by atoms with Crippen LogP contribution in [0.25, 0.3) is 0 Å².